The van der Waals surface area contributed by atoms with Crippen molar-refractivity contribution < 1.29 is 0 Å². The maximum atomic E-state index is 5.27. The minimum absolute atomic E-state index is 0.441. The van der Waals surface area contributed by atoms with Gasteiger partial charge in [0.1, 0.15) is 5.84 Å². The molecule has 4 nitrogen and oxygen atoms in total. The first-order chi connectivity index (χ1) is 5.04. The van der Waals surface area contributed by atoms with Gasteiger partial charge < -0.3 is 5.73 Å². The van der Waals surface area contributed by atoms with E-state index in [1.165, 1.54) is 0 Å². The number of nitrogens with zero attached hydrogens (tertiary/aromatic N) is 2. The van der Waals surface area contributed by atoms with Gasteiger partial charge in [0.15, 0.2) is 0 Å². The summed E-state index contributed by atoms with van der Waals surface area (Å²) in [7, 11) is 0. The van der Waals surface area contributed by atoms with Gasteiger partial charge in [-0.15, -0.1) is 5.10 Å². The van der Waals surface area contributed by atoms with Gasteiger partial charge in [-0.3, -0.25) is 0 Å². The molecule has 64 valence electrons. The summed E-state index contributed by atoms with van der Waals surface area (Å²) in [6.07, 6.45) is 0. The Morgan fingerprint density at radius 2 is 1.82 bits per heavy atom. The molecular weight excluding hydrogens is 140 g/mol. The predicted molar refractivity (Wildman–Crippen MR) is 48.4 cm³/mol. The van der Waals surface area contributed by atoms with E-state index in [0.717, 1.165) is 5.71 Å². The van der Waals surface area contributed by atoms with E-state index < -0.39 is 0 Å². The molecule has 0 aliphatic carbocycles. The van der Waals surface area contributed by atoms with Gasteiger partial charge in [-0.1, -0.05) is 13.8 Å². The van der Waals surface area contributed by atoms with Crippen LogP contribution < -0.4 is 11.3 Å². The van der Waals surface area contributed by atoms with E-state index in [4.69, 9.17) is 5.73 Å². The molecule has 0 fully saturated rings. The molecule has 0 aliphatic heterocycles. The van der Waals surface area contributed by atoms with Crippen molar-refractivity contribution >= 4 is 11.5 Å². The Labute approximate surface area is 67.5 Å². The molecule has 0 saturated carbocycles. The van der Waals surface area contributed by atoms with Crippen LogP contribution in [0.25, 0.3) is 0 Å². The summed E-state index contributed by atoms with van der Waals surface area (Å²) in [5, 5.41) is 7.67. The minimum Gasteiger partial charge on any atom is -0.386 e. The van der Waals surface area contributed by atoms with Crippen molar-refractivity contribution in [1.82, 2.24) is 5.53 Å². The van der Waals surface area contributed by atoms with E-state index in [0.29, 0.717) is 11.8 Å². The molecule has 0 aromatic rings. The largest absolute Gasteiger partial charge is 0.386 e. The standard InChI is InChI=1S/C7H16N4/c1-5(2)6(3)9-11-10-7(4)8/h5,11H,1-4H3,(H2,8,10)/b9-6+. The summed E-state index contributed by atoms with van der Waals surface area (Å²) in [4.78, 5) is 0. The van der Waals surface area contributed by atoms with E-state index >= 15 is 0 Å². The second kappa shape index (κ2) is 4.71. The number of amidine groups is 1. The highest BCUT2D eigenvalue weighted by Crippen LogP contribution is 1.93. The minimum atomic E-state index is 0.441. The average Bonchev–Trinajstić information content (AvgIpc) is 1.86. The summed E-state index contributed by atoms with van der Waals surface area (Å²) in [6, 6.07) is 0. The van der Waals surface area contributed by atoms with Crippen molar-refractivity contribution in [2.75, 3.05) is 0 Å². The number of nitrogens with one attached hydrogen (secondary N) is 1. The van der Waals surface area contributed by atoms with Gasteiger partial charge in [-0.2, -0.15) is 10.6 Å². The molecule has 0 rings (SSSR count). The Bertz CT molecular complexity index is 165. The van der Waals surface area contributed by atoms with Crippen LogP contribution in [0.5, 0.6) is 0 Å². The highest BCUT2D eigenvalue weighted by Gasteiger charge is 1.95. The number of hydrazone groups is 2. The summed E-state index contributed by atoms with van der Waals surface area (Å²) in [5.74, 6) is 0.918. The van der Waals surface area contributed by atoms with Crippen molar-refractivity contribution in [3.63, 3.8) is 0 Å². The Kier molecular flexibility index (Phi) is 4.26. The van der Waals surface area contributed by atoms with E-state index in [-0.39, 0.29) is 0 Å². The lowest BCUT2D eigenvalue weighted by Gasteiger charge is -2.01. The zero-order valence-corrected chi connectivity index (χ0v) is 7.55. The van der Waals surface area contributed by atoms with E-state index in [2.05, 4.69) is 29.6 Å². The molecule has 0 atom stereocenters. The number of nitrogens with two attached hydrogens (primary N) is 1. The average molecular weight is 156 g/mol. The van der Waals surface area contributed by atoms with Crippen molar-refractivity contribution in [2.24, 2.45) is 21.9 Å². The Morgan fingerprint density at radius 3 is 2.18 bits per heavy atom. The van der Waals surface area contributed by atoms with Crippen LogP contribution in [-0.4, -0.2) is 11.5 Å². The zero-order valence-electron chi connectivity index (χ0n) is 7.55. The fraction of sp³-hybridized carbons (Fsp3) is 0.714. The first kappa shape index (κ1) is 9.94. The third-order valence-electron chi connectivity index (χ3n) is 1.29. The molecule has 0 bridgehead atoms. The van der Waals surface area contributed by atoms with Crippen LogP contribution in [-0.2, 0) is 0 Å². The first-order valence-corrected chi connectivity index (χ1v) is 3.63. The molecule has 0 heterocycles. The van der Waals surface area contributed by atoms with Gasteiger partial charge in [0.2, 0.25) is 0 Å². The lowest BCUT2D eigenvalue weighted by molar-refractivity contribution is 0.770. The Morgan fingerprint density at radius 1 is 1.27 bits per heavy atom. The van der Waals surface area contributed by atoms with Crippen molar-refractivity contribution in [3.8, 4) is 0 Å². The third-order valence-corrected chi connectivity index (χ3v) is 1.29. The van der Waals surface area contributed by atoms with Gasteiger partial charge in [0.05, 0.1) is 0 Å². The molecule has 0 aromatic heterocycles. The zero-order chi connectivity index (χ0) is 8.85. The van der Waals surface area contributed by atoms with Gasteiger partial charge in [0, 0.05) is 5.71 Å². The number of rotatable bonds is 3. The lowest BCUT2D eigenvalue weighted by atomic mass is 10.1. The van der Waals surface area contributed by atoms with Crippen molar-refractivity contribution in [1.29, 1.82) is 0 Å². The maximum absolute atomic E-state index is 5.27. The topological polar surface area (TPSA) is 62.8 Å². The van der Waals surface area contributed by atoms with Crippen LogP contribution in [0.4, 0.5) is 0 Å². The summed E-state index contributed by atoms with van der Waals surface area (Å²) in [6.45, 7) is 7.78. The predicted octanol–water partition coefficient (Wildman–Crippen LogP) is 0.900. The van der Waals surface area contributed by atoms with Gasteiger partial charge in [0.25, 0.3) is 0 Å². The molecule has 0 amide bonds. The number of hydrogen-bond acceptors (Lipinski definition) is 3. The molecule has 0 aliphatic rings. The second-order valence-electron chi connectivity index (χ2n) is 2.76. The van der Waals surface area contributed by atoms with E-state index in [1.54, 1.807) is 6.92 Å². The Hall–Kier alpha value is -1.06. The molecule has 11 heavy (non-hydrogen) atoms. The van der Waals surface area contributed by atoms with Crippen LogP contribution in [0.2, 0.25) is 0 Å². The molecule has 4 heteroatoms. The number of hydrogen-bond donors (Lipinski definition) is 2. The summed E-state index contributed by atoms with van der Waals surface area (Å²) in [5.41, 5.74) is 8.80. The van der Waals surface area contributed by atoms with Gasteiger partial charge >= 0.3 is 0 Å². The Balaban J connectivity index is 3.84. The molecular formula is C7H16N4. The highest BCUT2D eigenvalue weighted by atomic mass is 15.5. The van der Waals surface area contributed by atoms with E-state index in [9.17, 15) is 0 Å². The van der Waals surface area contributed by atoms with Crippen LogP contribution >= 0.6 is 0 Å². The van der Waals surface area contributed by atoms with Crippen molar-refractivity contribution in [2.45, 2.75) is 27.7 Å². The second-order valence-corrected chi connectivity index (χ2v) is 2.76. The maximum Gasteiger partial charge on any atom is 0.118 e. The molecule has 0 spiro atoms. The smallest absolute Gasteiger partial charge is 0.118 e. The highest BCUT2D eigenvalue weighted by molar-refractivity contribution is 5.83. The first-order valence-electron chi connectivity index (χ1n) is 3.63. The van der Waals surface area contributed by atoms with Crippen LogP contribution in [0.3, 0.4) is 0 Å². The third kappa shape index (κ3) is 5.39. The SMILES string of the molecule is C/C(N)=N/N/N=C(\C)C(C)C. The lowest BCUT2D eigenvalue weighted by Crippen LogP contribution is -2.13. The molecule has 0 radical (unpaired) electrons. The van der Waals surface area contributed by atoms with Crippen LogP contribution in [0.15, 0.2) is 10.2 Å². The van der Waals surface area contributed by atoms with Gasteiger partial charge in [-0.25, -0.2) is 0 Å². The quantitative estimate of drug-likeness (QED) is 0.362. The van der Waals surface area contributed by atoms with Gasteiger partial charge in [-0.05, 0) is 19.8 Å². The fourth-order valence-corrected chi connectivity index (χ4v) is 0.312. The van der Waals surface area contributed by atoms with Crippen molar-refractivity contribution in [3.05, 3.63) is 0 Å². The van der Waals surface area contributed by atoms with Crippen LogP contribution in [0, 0.1) is 5.92 Å². The summed E-state index contributed by atoms with van der Waals surface area (Å²) >= 11 is 0. The molecule has 0 saturated heterocycles. The van der Waals surface area contributed by atoms with E-state index in [1.807, 2.05) is 6.92 Å². The molecule has 0 aromatic carbocycles. The normalized spacial score (nSPS) is 13.9. The monoisotopic (exact) mass is 156 g/mol. The summed E-state index contributed by atoms with van der Waals surface area (Å²) < 4.78 is 0. The fourth-order valence-electron chi connectivity index (χ4n) is 0.312. The molecule has 0 unspecified atom stereocenters. The molecule has 3 N–H and O–H groups in total. The van der Waals surface area contributed by atoms with Crippen LogP contribution in [0.1, 0.15) is 27.7 Å².